The lowest BCUT2D eigenvalue weighted by Gasteiger charge is -2.32. The summed E-state index contributed by atoms with van der Waals surface area (Å²) in [5, 5.41) is 6.08. The van der Waals surface area contributed by atoms with Crippen LogP contribution in [0.3, 0.4) is 0 Å². The largest absolute Gasteiger partial charge is 0.467 e. The van der Waals surface area contributed by atoms with E-state index in [-0.39, 0.29) is 30.1 Å². The van der Waals surface area contributed by atoms with E-state index < -0.39 is 6.04 Å². The van der Waals surface area contributed by atoms with Crippen molar-refractivity contribution in [2.24, 2.45) is 11.0 Å². The Balaban J connectivity index is 1.34. The molecule has 36 heavy (non-hydrogen) atoms. The van der Waals surface area contributed by atoms with Gasteiger partial charge in [-0.15, -0.1) is 0 Å². The van der Waals surface area contributed by atoms with Crippen LogP contribution in [0.5, 0.6) is 0 Å². The number of carbonyl (C=O) groups is 2. The second kappa shape index (κ2) is 11.3. The number of carbonyl (C=O) groups excluding carboxylic acids is 2. The van der Waals surface area contributed by atoms with Gasteiger partial charge in [-0.05, 0) is 42.7 Å². The normalized spacial score (nSPS) is 21.1. The van der Waals surface area contributed by atoms with Gasteiger partial charge < -0.3 is 14.1 Å². The number of morpholine rings is 1. The second-order valence-corrected chi connectivity index (χ2v) is 9.72. The van der Waals surface area contributed by atoms with Gasteiger partial charge in [0.15, 0.2) is 0 Å². The van der Waals surface area contributed by atoms with Crippen molar-refractivity contribution in [2.45, 2.75) is 38.1 Å². The molecule has 8 nitrogen and oxygen atoms in total. The van der Waals surface area contributed by atoms with Crippen molar-refractivity contribution in [3.05, 3.63) is 59.8 Å². The lowest BCUT2D eigenvalue weighted by atomic mass is 10.0. The molecular weight excluding hydrogens is 463 g/mol. The van der Waals surface area contributed by atoms with Crippen LogP contribution in [0.1, 0.15) is 49.5 Å². The summed E-state index contributed by atoms with van der Waals surface area (Å²) in [4.78, 5) is 31.1. The predicted octanol–water partition coefficient (Wildman–Crippen LogP) is 3.45. The minimum Gasteiger partial charge on any atom is -0.467 e. The van der Waals surface area contributed by atoms with Crippen LogP contribution in [0.4, 0.5) is 4.39 Å². The predicted molar refractivity (Wildman–Crippen MR) is 132 cm³/mol. The van der Waals surface area contributed by atoms with Crippen molar-refractivity contribution in [2.75, 3.05) is 45.9 Å². The van der Waals surface area contributed by atoms with E-state index in [4.69, 9.17) is 9.15 Å². The van der Waals surface area contributed by atoms with Crippen LogP contribution in [0, 0.1) is 11.7 Å². The molecule has 0 N–H and O–H groups in total. The number of furan rings is 1. The molecule has 1 atom stereocenters. The molecule has 1 aromatic heterocycles. The maximum atomic E-state index is 13.7. The molecule has 0 spiro atoms. The van der Waals surface area contributed by atoms with Crippen LogP contribution >= 0.6 is 0 Å². The third-order valence-electron chi connectivity index (χ3n) is 7.35. The Morgan fingerprint density at radius 3 is 2.53 bits per heavy atom. The van der Waals surface area contributed by atoms with Crippen molar-refractivity contribution in [3.63, 3.8) is 0 Å². The van der Waals surface area contributed by atoms with Crippen LogP contribution in [-0.4, -0.2) is 78.3 Å². The molecule has 3 aliphatic rings. The number of halogens is 1. The number of ether oxygens (including phenoxy) is 1. The van der Waals surface area contributed by atoms with Gasteiger partial charge in [0, 0.05) is 38.5 Å². The molecule has 2 amide bonds. The molecule has 2 aromatic rings. The van der Waals surface area contributed by atoms with Crippen molar-refractivity contribution in [1.82, 2.24) is 14.8 Å². The van der Waals surface area contributed by atoms with E-state index in [0.717, 1.165) is 44.3 Å². The molecule has 9 heteroatoms. The van der Waals surface area contributed by atoms with E-state index in [9.17, 15) is 14.0 Å². The molecule has 5 rings (SSSR count). The standard InChI is InChI=1S/C27H33FN4O4/c28-22-9-7-20(8-10-22)23-18-24(25-6-3-15-36-25)32(29-23)26(33)19-31(27(34)21-4-1-2-5-21)12-11-30-13-16-35-17-14-30/h3,6-10,15,21,24H,1-2,4-5,11-14,16-19H2. The summed E-state index contributed by atoms with van der Waals surface area (Å²) in [6.07, 6.45) is 5.90. The average Bonchev–Trinajstić information content (AvgIpc) is 3.68. The first kappa shape index (κ1) is 24.6. The van der Waals surface area contributed by atoms with Crippen LogP contribution in [0.2, 0.25) is 0 Å². The Labute approximate surface area is 210 Å². The SMILES string of the molecule is O=C(C1CCCC1)N(CCN1CCOCC1)CC(=O)N1N=C(c2ccc(F)cc2)CC1c1ccco1. The van der Waals surface area contributed by atoms with Gasteiger partial charge in [0.25, 0.3) is 5.91 Å². The molecule has 3 heterocycles. The van der Waals surface area contributed by atoms with Crippen molar-refractivity contribution < 1.29 is 23.1 Å². The topological polar surface area (TPSA) is 78.6 Å². The van der Waals surface area contributed by atoms with Gasteiger partial charge in [-0.25, -0.2) is 9.40 Å². The Bertz CT molecular complexity index is 1060. The number of hydrogen-bond acceptors (Lipinski definition) is 6. The fourth-order valence-corrected chi connectivity index (χ4v) is 5.28. The van der Waals surface area contributed by atoms with Gasteiger partial charge in [0.2, 0.25) is 5.91 Å². The number of nitrogens with zero attached hydrogens (tertiary/aromatic N) is 4. The average molecular weight is 497 g/mol. The number of amides is 2. The van der Waals surface area contributed by atoms with Gasteiger partial charge in [-0.1, -0.05) is 25.0 Å². The van der Waals surface area contributed by atoms with Gasteiger partial charge in [-0.3, -0.25) is 14.5 Å². The zero-order valence-corrected chi connectivity index (χ0v) is 20.5. The summed E-state index contributed by atoms with van der Waals surface area (Å²) in [5.74, 6) is 0.105. The van der Waals surface area contributed by atoms with Gasteiger partial charge in [-0.2, -0.15) is 5.10 Å². The third-order valence-corrected chi connectivity index (χ3v) is 7.35. The fourth-order valence-electron chi connectivity index (χ4n) is 5.28. The molecule has 0 bridgehead atoms. The Morgan fingerprint density at radius 2 is 1.83 bits per heavy atom. The Morgan fingerprint density at radius 1 is 1.08 bits per heavy atom. The molecule has 1 saturated heterocycles. The summed E-state index contributed by atoms with van der Waals surface area (Å²) in [5.41, 5.74) is 1.45. The van der Waals surface area contributed by atoms with Crippen LogP contribution in [-0.2, 0) is 14.3 Å². The zero-order chi connectivity index (χ0) is 24.9. The molecule has 1 unspecified atom stereocenters. The molecule has 2 aliphatic heterocycles. The lowest BCUT2D eigenvalue weighted by Crippen LogP contribution is -2.47. The van der Waals surface area contributed by atoms with Crippen LogP contribution in [0.15, 0.2) is 52.2 Å². The Hall–Kier alpha value is -3.04. The maximum absolute atomic E-state index is 13.7. The summed E-state index contributed by atoms with van der Waals surface area (Å²) < 4.78 is 24.5. The highest BCUT2D eigenvalue weighted by Crippen LogP contribution is 2.33. The highest BCUT2D eigenvalue weighted by atomic mass is 19.1. The summed E-state index contributed by atoms with van der Waals surface area (Å²) in [7, 11) is 0. The van der Waals surface area contributed by atoms with Crippen molar-refractivity contribution in [3.8, 4) is 0 Å². The van der Waals surface area contributed by atoms with E-state index in [2.05, 4.69) is 10.0 Å². The minimum absolute atomic E-state index is 0.0137. The first-order valence-corrected chi connectivity index (χ1v) is 12.9. The quantitative estimate of drug-likeness (QED) is 0.560. The van der Waals surface area contributed by atoms with E-state index in [1.54, 1.807) is 29.4 Å². The number of hydrazone groups is 1. The molecule has 0 radical (unpaired) electrons. The zero-order valence-electron chi connectivity index (χ0n) is 20.5. The number of rotatable bonds is 8. The summed E-state index contributed by atoms with van der Waals surface area (Å²) in [6, 6.07) is 9.31. The van der Waals surface area contributed by atoms with Crippen molar-refractivity contribution in [1.29, 1.82) is 0 Å². The molecule has 192 valence electrons. The number of hydrogen-bond donors (Lipinski definition) is 0. The minimum atomic E-state index is -0.407. The van der Waals surface area contributed by atoms with E-state index >= 15 is 0 Å². The first-order valence-electron chi connectivity index (χ1n) is 12.9. The Kier molecular flexibility index (Phi) is 7.77. The second-order valence-electron chi connectivity index (χ2n) is 9.72. The van der Waals surface area contributed by atoms with Crippen LogP contribution < -0.4 is 0 Å². The van der Waals surface area contributed by atoms with Crippen LogP contribution in [0.25, 0.3) is 0 Å². The van der Waals surface area contributed by atoms with Gasteiger partial charge in [0.05, 0.1) is 25.2 Å². The summed E-state index contributed by atoms with van der Waals surface area (Å²) >= 11 is 0. The van der Waals surface area contributed by atoms with Gasteiger partial charge >= 0.3 is 0 Å². The smallest absolute Gasteiger partial charge is 0.262 e. The fraction of sp³-hybridized carbons (Fsp3) is 0.519. The van der Waals surface area contributed by atoms with E-state index in [1.165, 1.54) is 17.1 Å². The third kappa shape index (κ3) is 5.68. The number of benzene rings is 1. The molecule has 1 saturated carbocycles. The maximum Gasteiger partial charge on any atom is 0.262 e. The van der Waals surface area contributed by atoms with Crippen molar-refractivity contribution >= 4 is 17.5 Å². The molecule has 1 aromatic carbocycles. The van der Waals surface area contributed by atoms with E-state index in [0.29, 0.717) is 44.2 Å². The first-order chi connectivity index (χ1) is 17.6. The highest BCUT2D eigenvalue weighted by molar-refractivity contribution is 6.03. The monoisotopic (exact) mass is 496 g/mol. The van der Waals surface area contributed by atoms with Gasteiger partial charge in [0.1, 0.15) is 24.2 Å². The molecule has 1 aliphatic carbocycles. The van der Waals surface area contributed by atoms with E-state index in [1.807, 2.05) is 6.07 Å². The molecular formula is C27H33FN4O4. The summed E-state index contributed by atoms with van der Waals surface area (Å²) in [6.45, 7) is 4.21. The lowest BCUT2D eigenvalue weighted by molar-refractivity contribution is -0.144. The molecule has 2 fully saturated rings. The highest BCUT2D eigenvalue weighted by Gasteiger charge is 2.37.